The number of fused-ring (bicyclic) bond motifs is 2. The van der Waals surface area contributed by atoms with Crippen molar-refractivity contribution in [2.75, 3.05) is 25.7 Å². The van der Waals surface area contributed by atoms with Crippen LogP contribution in [0.1, 0.15) is 24.6 Å². The van der Waals surface area contributed by atoms with E-state index in [1.165, 1.54) is 24.8 Å². The van der Waals surface area contributed by atoms with E-state index in [4.69, 9.17) is 4.74 Å². The van der Waals surface area contributed by atoms with E-state index in [-0.39, 0.29) is 12.5 Å². The van der Waals surface area contributed by atoms with Gasteiger partial charge in [0.1, 0.15) is 12.3 Å². The van der Waals surface area contributed by atoms with Gasteiger partial charge >= 0.3 is 0 Å². The van der Waals surface area contributed by atoms with Crippen LogP contribution in [-0.2, 0) is 22.4 Å². The molecule has 0 aliphatic heterocycles. The van der Waals surface area contributed by atoms with Crippen LogP contribution in [0.15, 0.2) is 24.3 Å². The van der Waals surface area contributed by atoms with Crippen molar-refractivity contribution in [2.24, 2.45) is 5.92 Å². The molecule has 2 heterocycles. The van der Waals surface area contributed by atoms with Crippen LogP contribution in [0.3, 0.4) is 0 Å². The second-order valence-corrected chi connectivity index (χ2v) is 7.22. The summed E-state index contributed by atoms with van der Waals surface area (Å²) in [5.74, 6) is 0.635. The Morgan fingerprint density at radius 3 is 3.04 bits per heavy atom. The Balaban J connectivity index is 1.68. The zero-order valence-electron chi connectivity index (χ0n) is 15.4. The lowest BCUT2D eigenvalue weighted by molar-refractivity contribution is -0.121. The molecule has 1 aliphatic carbocycles. The number of benzene rings is 1. The SMILES string of the molecule is COCC(=O)N(C)c1ccc2cc(-c3n[nH]c4c3CC[C@@H](C)C4)[nH]c2c1. The van der Waals surface area contributed by atoms with E-state index in [9.17, 15) is 4.79 Å². The number of ether oxygens (including phenoxy) is 1. The number of carbonyl (C=O) groups excluding carboxylic acids is 1. The minimum Gasteiger partial charge on any atom is -0.375 e. The first-order chi connectivity index (χ1) is 12.6. The third kappa shape index (κ3) is 2.90. The fraction of sp³-hybridized carbons (Fsp3) is 0.400. The summed E-state index contributed by atoms with van der Waals surface area (Å²) in [6.45, 7) is 2.36. The largest absolute Gasteiger partial charge is 0.375 e. The molecule has 136 valence electrons. The molecular formula is C20H24N4O2. The minimum absolute atomic E-state index is 0.0718. The lowest BCUT2D eigenvalue weighted by atomic mass is 9.88. The average molecular weight is 352 g/mol. The summed E-state index contributed by atoms with van der Waals surface area (Å²) in [5, 5.41) is 8.90. The van der Waals surface area contributed by atoms with E-state index in [1.54, 1.807) is 11.9 Å². The number of rotatable bonds is 4. The Labute approximate surface area is 152 Å². The zero-order chi connectivity index (χ0) is 18.3. The number of methoxy groups -OCH3 is 1. The first-order valence-corrected chi connectivity index (χ1v) is 9.01. The van der Waals surface area contributed by atoms with Crippen molar-refractivity contribution in [3.8, 4) is 11.4 Å². The predicted octanol–water partition coefficient (Wildman–Crippen LogP) is 3.29. The monoisotopic (exact) mass is 352 g/mol. The predicted molar refractivity (Wildman–Crippen MR) is 102 cm³/mol. The molecule has 2 aromatic heterocycles. The third-order valence-electron chi connectivity index (χ3n) is 5.28. The Morgan fingerprint density at radius 2 is 2.23 bits per heavy atom. The summed E-state index contributed by atoms with van der Waals surface area (Å²) >= 11 is 0. The second-order valence-electron chi connectivity index (χ2n) is 7.22. The molecule has 4 rings (SSSR count). The zero-order valence-corrected chi connectivity index (χ0v) is 15.4. The molecule has 1 aromatic carbocycles. The Morgan fingerprint density at radius 1 is 1.38 bits per heavy atom. The van der Waals surface area contributed by atoms with Crippen LogP contribution in [0.4, 0.5) is 5.69 Å². The highest BCUT2D eigenvalue weighted by atomic mass is 16.5. The maximum atomic E-state index is 12.0. The van der Waals surface area contributed by atoms with E-state index in [1.807, 2.05) is 18.2 Å². The van der Waals surface area contributed by atoms with Gasteiger partial charge in [0.15, 0.2) is 0 Å². The number of aromatic nitrogens is 3. The van der Waals surface area contributed by atoms with Gasteiger partial charge < -0.3 is 14.6 Å². The van der Waals surface area contributed by atoms with Gasteiger partial charge in [-0.15, -0.1) is 0 Å². The molecule has 0 spiro atoms. The molecule has 0 fully saturated rings. The Bertz CT molecular complexity index is 956. The highest BCUT2D eigenvalue weighted by Crippen LogP contribution is 2.33. The number of aromatic amines is 2. The van der Waals surface area contributed by atoms with Gasteiger partial charge in [0.25, 0.3) is 5.91 Å². The van der Waals surface area contributed by atoms with Crippen LogP contribution in [0.25, 0.3) is 22.3 Å². The standard InChI is InChI=1S/C20H24N4O2/c1-12-4-7-15-17(8-12)22-23-20(15)18-9-13-5-6-14(10-16(13)21-18)24(2)19(25)11-26-3/h5-6,9-10,12,21H,4,7-8,11H2,1-3H3,(H,22,23)/t12-/m1/s1. The Kier molecular flexibility index (Phi) is 4.28. The molecule has 0 unspecified atom stereocenters. The number of anilines is 1. The van der Waals surface area contributed by atoms with Crippen LogP contribution in [0.2, 0.25) is 0 Å². The fourth-order valence-corrected chi connectivity index (χ4v) is 3.72. The molecule has 1 atom stereocenters. The Hall–Kier alpha value is -2.60. The van der Waals surface area contributed by atoms with Crippen molar-refractivity contribution in [3.05, 3.63) is 35.5 Å². The smallest absolute Gasteiger partial charge is 0.252 e. The molecule has 0 saturated carbocycles. The number of H-pyrrole nitrogens is 2. The van der Waals surface area contributed by atoms with Gasteiger partial charge in [-0.05, 0) is 43.4 Å². The van der Waals surface area contributed by atoms with Crippen molar-refractivity contribution >= 4 is 22.5 Å². The van der Waals surface area contributed by atoms with E-state index in [0.29, 0.717) is 5.92 Å². The second kappa shape index (κ2) is 6.61. The third-order valence-corrected chi connectivity index (χ3v) is 5.28. The topological polar surface area (TPSA) is 74.0 Å². The normalized spacial score (nSPS) is 16.7. The summed E-state index contributed by atoms with van der Waals surface area (Å²) in [6.07, 6.45) is 3.34. The summed E-state index contributed by atoms with van der Waals surface area (Å²) in [4.78, 5) is 17.1. The highest BCUT2D eigenvalue weighted by molar-refractivity contribution is 5.97. The molecule has 6 nitrogen and oxygen atoms in total. The summed E-state index contributed by atoms with van der Waals surface area (Å²) < 4.78 is 4.94. The van der Waals surface area contributed by atoms with Gasteiger partial charge in [-0.25, -0.2) is 0 Å². The van der Waals surface area contributed by atoms with Gasteiger partial charge in [0.05, 0.1) is 5.69 Å². The lowest BCUT2D eigenvalue weighted by Gasteiger charge is -2.17. The van der Waals surface area contributed by atoms with Crippen LogP contribution < -0.4 is 4.90 Å². The fourth-order valence-electron chi connectivity index (χ4n) is 3.72. The van der Waals surface area contributed by atoms with Gasteiger partial charge in [0, 0.05) is 42.0 Å². The van der Waals surface area contributed by atoms with Crippen molar-refractivity contribution in [2.45, 2.75) is 26.2 Å². The lowest BCUT2D eigenvalue weighted by Crippen LogP contribution is -2.29. The number of likely N-dealkylation sites (N-methyl/N-ethyl adjacent to an activating group) is 1. The van der Waals surface area contributed by atoms with Gasteiger partial charge in [-0.3, -0.25) is 9.89 Å². The van der Waals surface area contributed by atoms with Crippen molar-refractivity contribution in [3.63, 3.8) is 0 Å². The molecule has 0 bridgehead atoms. The number of carbonyl (C=O) groups is 1. The van der Waals surface area contributed by atoms with Gasteiger partial charge in [-0.2, -0.15) is 5.10 Å². The molecule has 3 aromatic rings. The number of hydrogen-bond acceptors (Lipinski definition) is 3. The molecule has 1 amide bonds. The maximum absolute atomic E-state index is 12.0. The molecule has 0 saturated heterocycles. The number of hydrogen-bond donors (Lipinski definition) is 2. The maximum Gasteiger partial charge on any atom is 0.252 e. The molecule has 2 N–H and O–H groups in total. The van der Waals surface area contributed by atoms with Gasteiger partial charge in [-0.1, -0.05) is 13.0 Å². The van der Waals surface area contributed by atoms with Crippen molar-refractivity contribution in [1.29, 1.82) is 0 Å². The highest BCUT2D eigenvalue weighted by Gasteiger charge is 2.22. The number of nitrogens with one attached hydrogen (secondary N) is 2. The van der Waals surface area contributed by atoms with Crippen LogP contribution >= 0.6 is 0 Å². The van der Waals surface area contributed by atoms with E-state index in [2.05, 4.69) is 28.2 Å². The average Bonchev–Trinajstić information content (AvgIpc) is 3.23. The quantitative estimate of drug-likeness (QED) is 0.757. The van der Waals surface area contributed by atoms with E-state index in [0.717, 1.165) is 40.8 Å². The number of nitrogens with zero attached hydrogens (tertiary/aromatic N) is 2. The molecule has 0 radical (unpaired) electrons. The van der Waals surface area contributed by atoms with E-state index < -0.39 is 0 Å². The molecule has 1 aliphatic rings. The van der Waals surface area contributed by atoms with Gasteiger partial charge in [0.2, 0.25) is 0 Å². The van der Waals surface area contributed by atoms with Crippen LogP contribution in [-0.4, -0.2) is 41.9 Å². The first-order valence-electron chi connectivity index (χ1n) is 9.01. The molecule has 26 heavy (non-hydrogen) atoms. The number of amides is 1. The van der Waals surface area contributed by atoms with Crippen molar-refractivity contribution < 1.29 is 9.53 Å². The minimum atomic E-state index is -0.0749. The summed E-state index contributed by atoms with van der Waals surface area (Å²) in [6, 6.07) is 8.11. The summed E-state index contributed by atoms with van der Waals surface area (Å²) in [7, 11) is 3.29. The first kappa shape index (κ1) is 16.8. The summed E-state index contributed by atoms with van der Waals surface area (Å²) in [5.41, 5.74) is 6.48. The van der Waals surface area contributed by atoms with Crippen LogP contribution in [0, 0.1) is 5.92 Å². The molecular weight excluding hydrogens is 328 g/mol. The molecule has 6 heteroatoms. The van der Waals surface area contributed by atoms with E-state index >= 15 is 0 Å². The van der Waals surface area contributed by atoms with Crippen molar-refractivity contribution in [1.82, 2.24) is 15.2 Å². The van der Waals surface area contributed by atoms with Crippen LogP contribution in [0.5, 0.6) is 0 Å².